The molecule has 8 nitrogen and oxygen atoms in total. The van der Waals surface area contributed by atoms with E-state index < -0.39 is 10.0 Å². The Balaban J connectivity index is 1.42. The molecule has 32 heavy (non-hydrogen) atoms. The molecule has 1 aromatic heterocycles. The average molecular weight is 457 g/mol. The van der Waals surface area contributed by atoms with Crippen LogP contribution in [-0.2, 0) is 23.5 Å². The molecular weight excluding hydrogens is 428 g/mol. The molecule has 0 fully saturated rings. The summed E-state index contributed by atoms with van der Waals surface area (Å²) in [6, 6.07) is 16.3. The van der Waals surface area contributed by atoms with Gasteiger partial charge < -0.3 is 19.4 Å². The maximum absolute atomic E-state index is 12.3. The van der Waals surface area contributed by atoms with Crippen molar-refractivity contribution >= 4 is 10.0 Å². The molecule has 2 N–H and O–H groups in total. The Morgan fingerprint density at radius 1 is 1.22 bits per heavy atom. The van der Waals surface area contributed by atoms with E-state index in [1.54, 1.807) is 11.6 Å². The first-order chi connectivity index (χ1) is 15.5. The molecule has 3 aromatic rings. The summed E-state index contributed by atoms with van der Waals surface area (Å²) in [5.74, 6) is 1.78. The SMILES string of the molecule is CN[C@@H]1COc2ccc(OCCNS(=O)(=O)c3cn(C)cn3)cc2[C@H]1Cc1ccccc1. The number of benzene rings is 2. The number of hydrogen-bond acceptors (Lipinski definition) is 6. The van der Waals surface area contributed by atoms with Crippen LogP contribution in [0.3, 0.4) is 0 Å². The number of fused-ring (bicyclic) bond motifs is 1. The molecule has 0 bridgehead atoms. The molecule has 0 saturated carbocycles. The van der Waals surface area contributed by atoms with Crippen molar-refractivity contribution in [2.45, 2.75) is 23.4 Å². The zero-order valence-electron chi connectivity index (χ0n) is 18.2. The Morgan fingerprint density at radius 3 is 2.75 bits per heavy atom. The van der Waals surface area contributed by atoms with Gasteiger partial charge in [0.1, 0.15) is 24.7 Å². The minimum atomic E-state index is -3.65. The fourth-order valence-electron chi connectivity index (χ4n) is 3.90. The third kappa shape index (κ3) is 5.12. The van der Waals surface area contributed by atoms with Gasteiger partial charge >= 0.3 is 0 Å². The summed E-state index contributed by atoms with van der Waals surface area (Å²) in [6.07, 6.45) is 3.79. The zero-order chi connectivity index (χ0) is 22.6. The van der Waals surface area contributed by atoms with Crippen molar-refractivity contribution in [3.63, 3.8) is 0 Å². The van der Waals surface area contributed by atoms with Crippen LogP contribution in [0.4, 0.5) is 0 Å². The number of rotatable bonds is 9. The molecule has 4 rings (SSSR count). The van der Waals surface area contributed by atoms with Gasteiger partial charge in [-0.2, -0.15) is 0 Å². The molecule has 0 aliphatic carbocycles. The molecule has 9 heteroatoms. The van der Waals surface area contributed by atoms with Crippen molar-refractivity contribution in [2.24, 2.45) is 7.05 Å². The van der Waals surface area contributed by atoms with Gasteiger partial charge in [-0.05, 0) is 37.2 Å². The first kappa shape index (κ1) is 22.3. The predicted octanol–water partition coefficient (Wildman–Crippen LogP) is 2.08. The Kier molecular flexibility index (Phi) is 6.78. The Hall–Kier alpha value is -2.88. The molecule has 170 valence electrons. The van der Waals surface area contributed by atoms with E-state index in [9.17, 15) is 8.42 Å². The lowest BCUT2D eigenvalue weighted by atomic mass is 9.84. The molecule has 1 aliphatic rings. The molecule has 2 aromatic carbocycles. The second kappa shape index (κ2) is 9.72. The summed E-state index contributed by atoms with van der Waals surface area (Å²) in [5, 5.41) is 3.36. The number of hydrogen-bond donors (Lipinski definition) is 2. The van der Waals surface area contributed by atoms with Crippen LogP contribution in [0.5, 0.6) is 11.5 Å². The minimum Gasteiger partial charge on any atom is -0.492 e. The molecule has 0 unspecified atom stereocenters. The largest absolute Gasteiger partial charge is 0.492 e. The van der Waals surface area contributed by atoms with Gasteiger partial charge in [0.2, 0.25) is 0 Å². The number of nitrogens with one attached hydrogen (secondary N) is 2. The average Bonchev–Trinajstić information content (AvgIpc) is 3.25. The lowest BCUT2D eigenvalue weighted by Crippen LogP contribution is -2.41. The Morgan fingerprint density at radius 2 is 2.03 bits per heavy atom. The van der Waals surface area contributed by atoms with Crippen molar-refractivity contribution in [2.75, 3.05) is 26.8 Å². The van der Waals surface area contributed by atoms with Crippen LogP contribution < -0.4 is 19.5 Å². The fourth-order valence-corrected chi connectivity index (χ4v) is 4.89. The van der Waals surface area contributed by atoms with Crippen LogP contribution in [0.25, 0.3) is 0 Å². The summed E-state index contributed by atoms with van der Waals surface area (Å²) in [6.45, 7) is 0.945. The van der Waals surface area contributed by atoms with Gasteiger partial charge in [0.25, 0.3) is 10.0 Å². The van der Waals surface area contributed by atoms with Crippen molar-refractivity contribution in [1.82, 2.24) is 19.6 Å². The topological polar surface area (TPSA) is 94.5 Å². The first-order valence-electron chi connectivity index (χ1n) is 10.5. The van der Waals surface area contributed by atoms with Gasteiger partial charge in [-0.25, -0.2) is 18.1 Å². The van der Waals surface area contributed by atoms with Gasteiger partial charge in [0.15, 0.2) is 5.03 Å². The quantitative estimate of drug-likeness (QED) is 0.479. The second-order valence-corrected chi connectivity index (χ2v) is 9.54. The van der Waals surface area contributed by atoms with Crippen molar-refractivity contribution in [3.8, 4) is 11.5 Å². The van der Waals surface area contributed by atoms with Crippen LogP contribution in [0.2, 0.25) is 0 Å². The Labute approximate surface area is 188 Å². The summed E-state index contributed by atoms with van der Waals surface area (Å²) in [4.78, 5) is 3.88. The predicted molar refractivity (Wildman–Crippen MR) is 122 cm³/mol. The molecule has 0 spiro atoms. The van der Waals surface area contributed by atoms with E-state index in [1.807, 2.05) is 31.3 Å². The summed E-state index contributed by atoms with van der Waals surface area (Å²) >= 11 is 0. The van der Waals surface area contributed by atoms with E-state index >= 15 is 0 Å². The smallest absolute Gasteiger partial charge is 0.259 e. The summed E-state index contributed by atoms with van der Waals surface area (Å²) in [5.41, 5.74) is 2.35. The third-order valence-electron chi connectivity index (χ3n) is 5.57. The number of aromatic nitrogens is 2. The second-order valence-electron chi connectivity index (χ2n) is 7.83. The van der Waals surface area contributed by atoms with Crippen LogP contribution in [0.15, 0.2) is 66.1 Å². The molecule has 2 atom stereocenters. The molecule has 2 heterocycles. The number of imidazole rings is 1. The molecule has 1 aliphatic heterocycles. The third-order valence-corrected chi connectivity index (χ3v) is 6.92. The van der Waals surface area contributed by atoms with E-state index in [-0.39, 0.29) is 30.1 Å². The molecule has 0 amide bonds. The highest BCUT2D eigenvalue weighted by atomic mass is 32.2. The highest BCUT2D eigenvalue weighted by Crippen LogP contribution is 2.38. The van der Waals surface area contributed by atoms with Crippen molar-refractivity contribution in [1.29, 1.82) is 0 Å². The lowest BCUT2D eigenvalue weighted by molar-refractivity contribution is 0.217. The van der Waals surface area contributed by atoms with Crippen LogP contribution >= 0.6 is 0 Å². The van der Waals surface area contributed by atoms with E-state index in [0.717, 1.165) is 17.7 Å². The normalized spacial score (nSPS) is 18.1. The number of sulfonamides is 1. The fraction of sp³-hybridized carbons (Fsp3) is 0.348. The Bertz CT molecular complexity index is 1150. The van der Waals surface area contributed by atoms with E-state index in [4.69, 9.17) is 9.47 Å². The number of nitrogens with zero attached hydrogens (tertiary/aromatic N) is 2. The van der Waals surface area contributed by atoms with Gasteiger partial charge in [0, 0.05) is 37.3 Å². The molecule has 0 saturated heterocycles. The van der Waals surface area contributed by atoms with Crippen LogP contribution in [0.1, 0.15) is 17.0 Å². The molecular formula is C23H28N4O4S. The minimum absolute atomic E-state index is 0.00668. The van der Waals surface area contributed by atoms with Gasteiger partial charge in [-0.3, -0.25) is 0 Å². The van der Waals surface area contributed by atoms with Crippen LogP contribution in [0, 0.1) is 0 Å². The maximum Gasteiger partial charge on any atom is 0.259 e. The van der Waals surface area contributed by atoms with E-state index in [1.165, 1.54) is 18.1 Å². The number of aryl methyl sites for hydroxylation is 1. The number of ether oxygens (including phenoxy) is 2. The first-order valence-corrected chi connectivity index (χ1v) is 12.0. The van der Waals surface area contributed by atoms with Gasteiger partial charge in [-0.15, -0.1) is 0 Å². The summed E-state index contributed by atoms with van der Waals surface area (Å²) in [7, 11) is 0.0178. The van der Waals surface area contributed by atoms with E-state index in [0.29, 0.717) is 12.4 Å². The highest BCUT2D eigenvalue weighted by molar-refractivity contribution is 7.89. The maximum atomic E-state index is 12.3. The zero-order valence-corrected chi connectivity index (χ0v) is 19.0. The van der Waals surface area contributed by atoms with Crippen LogP contribution in [-0.4, -0.2) is 50.8 Å². The lowest BCUT2D eigenvalue weighted by Gasteiger charge is -2.34. The highest BCUT2D eigenvalue weighted by Gasteiger charge is 2.30. The molecule has 0 radical (unpaired) electrons. The van der Waals surface area contributed by atoms with Gasteiger partial charge in [-0.1, -0.05) is 30.3 Å². The van der Waals surface area contributed by atoms with Crippen molar-refractivity contribution < 1.29 is 17.9 Å². The summed E-state index contributed by atoms with van der Waals surface area (Å²) < 4.78 is 40.4. The monoisotopic (exact) mass is 456 g/mol. The standard InChI is InChI=1S/C23H28N4O4S/c1-24-21-15-31-22-9-8-18(13-20(22)19(21)12-17-6-4-3-5-7-17)30-11-10-26-32(28,29)23-14-27(2)16-25-23/h3-9,13-14,16,19,21,24,26H,10-12,15H2,1-2H3/t19-,21-/m1/s1. The van der Waals surface area contributed by atoms with Gasteiger partial charge in [0.05, 0.1) is 6.33 Å². The van der Waals surface area contributed by atoms with Crippen molar-refractivity contribution in [3.05, 3.63) is 72.2 Å². The number of likely N-dealkylation sites (N-methyl/N-ethyl adjacent to an activating group) is 1. The van der Waals surface area contributed by atoms with E-state index in [2.05, 4.69) is 39.3 Å².